The predicted octanol–water partition coefficient (Wildman–Crippen LogP) is 3.28. The van der Waals surface area contributed by atoms with Crippen LogP contribution in [0.2, 0.25) is 0 Å². The second kappa shape index (κ2) is 5.45. The molecule has 1 saturated carbocycles. The molecule has 1 aliphatic rings. The maximum atomic E-state index is 12.4. The van der Waals surface area contributed by atoms with Gasteiger partial charge in [0.15, 0.2) is 0 Å². The first-order chi connectivity index (χ1) is 8.89. The normalized spacial score (nSPS) is 17.5. The molecule has 0 heterocycles. The second-order valence-electron chi connectivity index (χ2n) is 5.05. The standard InChI is InChI=1S/C13H17F2NO2S/c1-9(8-10-2-3-10)16-11-4-6-12(7-5-11)19(17,18)13(14)15/h4-7,9-10,13,16H,2-3,8H2,1H3. The molecule has 1 N–H and O–H groups in total. The van der Waals surface area contributed by atoms with Crippen LogP contribution < -0.4 is 5.32 Å². The first-order valence-corrected chi connectivity index (χ1v) is 7.83. The van der Waals surface area contributed by atoms with E-state index < -0.39 is 15.6 Å². The van der Waals surface area contributed by atoms with Crippen LogP contribution in [0.5, 0.6) is 0 Å². The Labute approximate surface area is 111 Å². The molecule has 0 bridgehead atoms. The highest BCUT2D eigenvalue weighted by Gasteiger charge is 2.26. The van der Waals surface area contributed by atoms with Crippen molar-refractivity contribution in [3.05, 3.63) is 24.3 Å². The van der Waals surface area contributed by atoms with Gasteiger partial charge in [-0.3, -0.25) is 0 Å². The van der Waals surface area contributed by atoms with Crippen molar-refractivity contribution >= 4 is 15.5 Å². The number of sulfone groups is 1. The summed E-state index contributed by atoms with van der Waals surface area (Å²) in [7, 11) is -4.49. The molecule has 1 aliphatic carbocycles. The SMILES string of the molecule is CC(CC1CC1)Nc1ccc(S(=O)(=O)C(F)F)cc1. The summed E-state index contributed by atoms with van der Waals surface area (Å²) in [5.74, 6) is -2.58. The molecule has 0 aromatic heterocycles. The summed E-state index contributed by atoms with van der Waals surface area (Å²) in [5, 5.41) is 3.24. The molecule has 0 spiro atoms. The highest BCUT2D eigenvalue weighted by Crippen LogP contribution is 2.34. The summed E-state index contributed by atoms with van der Waals surface area (Å²) in [5.41, 5.74) is 0.751. The van der Waals surface area contributed by atoms with Crippen molar-refractivity contribution in [3.63, 3.8) is 0 Å². The molecular weight excluding hydrogens is 272 g/mol. The van der Waals surface area contributed by atoms with Gasteiger partial charge in [-0.2, -0.15) is 8.78 Å². The Morgan fingerprint density at radius 3 is 2.32 bits per heavy atom. The maximum absolute atomic E-state index is 12.4. The lowest BCUT2D eigenvalue weighted by Gasteiger charge is -2.15. The maximum Gasteiger partial charge on any atom is 0.341 e. The van der Waals surface area contributed by atoms with Crippen LogP contribution in [0.1, 0.15) is 26.2 Å². The monoisotopic (exact) mass is 289 g/mol. The molecule has 0 radical (unpaired) electrons. The topological polar surface area (TPSA) is 46.2 Å². The van der Waals surface area contributed by atoms with Gasteiger partial charge in [-0.1, -0.05) is 12.8 Å². The Morgan fingerprint density at radius 1 is 1.26 bits per heavy atom. The fourth-order valence-corrected chi connectivity index (χ4v) is 2.76. The zero-order valence-electron chi connectivity index (χ0n) is 10.6. The molecule has 1 fully saturated rings. The molecule has 6 heteroatoms. The highest BCUT2D eigenvalue weighted by molar-refractivity contribution is 7.91. The minimum Gasteiger partial charge on any atom is -0.383 e. The van der Waals surface area contributed by atoms with Crippen molar-refractivity contribution in [1.29, 1.82) is 0 Å². The number of nitrogens with one attached hydrogen (secondary N) is 1. The summed E-state index contributed by atoms with van der Waals surface area (Å²) in [6.07, 6.45) is 3.63. The van der Waals surface area contributed by atoms with E-state index in [2.05, 4.69) is 12.2 Å². The zero-order valence-corrected chi connectivity index (χ0v) is 11.5. The molecule has 19 heavy (non-hydrogen) atoms. The summed E-state index contributed by atoms with van der Waals surface area (Å²) >= 11 is 0. The van der Waals surface area contributed by atoms with E-state index in [1.54, 1.807) is 0 Å². The van der Waals surface area contributed by atoms with Gasteiger partial charge in [0.1, 0.15) is 0 Å². The molecule has 106 valence electrons. The smallest absolute Gasteiger partial charge is 0.341 e. The van der Waals surface area contributed by atoms with Crippen molar-refractivity contribution in [2.75, 3.05) is 5.32 Å². The van der Waals surface area contributed by atoms with E-state index in [4.69, 9.17) is 0 Å². The van der Waals surface area contributed by atoms with Gasteiger partial charge in [-0.15, -0.1) is 0 Å². The van der Waals surface area contributed by atoms with Crippen LogP contribution in [0.15, 0.2) is 29.2 Å². The number of anilines is 1. The van der Waals surface area contributed by atoms with E-state index in [1.165, 1.54) is 37.1 Å². The van der Waals surface area contributed by atoms with Crippen molar-refractivity contribution < 1.29 is 17.2 Å². The number of halogens is 2. The Morgan fingerprint density at radius 2 is 1.84 bits per heavy atom. The first-order valence-electron chi connectivity index (χ1n) is 6.28. The molecule has 1 aromatic rings. The Kier molecular flexibility index (Phi) is 4.08. The van der Waals surface area contributed by atoms with E-state index in [1.807, 2.05) is 0 Å². The van der Waals surface area contributed by atoms with Crippen LogP contribution in [0.3, 0.4) is 0 Å². The van der Waals surface area contributed by atoms with E-state index in [0.29, 0.717) is 6.04 Å². The number of alkyl halides is 2. The van der Waals surface area contributed by atoms with E-state index in [0.717, 1.165) is 18.0 Å². The van der Waals surface area contributed by atoms with Gasteiger partial charge < -0.3 is 5.32 Å². The van der Waals surface area contributed by atoms with Gasteiger partial charge >= 0.3 is 5.76 Å². The van der Waals surface area contributed by atoms with Crippen LogP contribution >= 0.6 is 0 Å². The lowest BCUT2D eigenvalue weighted by Crippen LogP contribution is -2.16. The molecule has 3 nitrogen and oxygen atoms in total. The third-order valence-corrected chi connectivity index (χ3v) is 4.61. The minimum atomic E-state index is -4.49. The van der Waals surface area contributed by atoms with Gasteiger partial charge in [0.2, 0.25) is 9.84 Å². The summed E-state index contributed by atoms with van der Waals surface area (Å²) in [6.45, 7) is 2.06. The Hall–Kier alpha value is -1.17. The number of hydrogen-bond acceptors (Lipinski definition) is 3. The quantitative estimate of drug-likeness (QED) is 0.874. The van der Waals surface area contributed by atoms with Crippen molar-refractivity contribution in [2.24, 2.45) is 5.92 Å². The third-order valence-electron chi connectivity index (χ3n) is 3.21. The van der Waals surface area contributed by atoms with Gasteiger partial charge in [0, 0.05) is 11.7 Å². The second-order valence-corrected chi connectivity index (χ2v) is 6.97. The highest BCUT2D eigenvalue weighted by atomic mass is 32.2. The fourth-order valence-electron chi connectivity index (χ4n) is 2.04. The molecule has 0 aliphatic heterocycles. The lowest BCUT2D eigenvalue weighted by molar-refractivity contribution is 0.234. The van der Waals surface area contributed by atoms with Crippen LogP contribution in [0.25, 0.3) is 0 Å². The summed E-state index contributed by atoms with van der Waals surface area (Å²) in [4.78, 5) is -0.345. The first kappa shape index (κ1) is 14.2. The fraction of sp³-hybridized carbons (Fsp3) is 0.538. The van der Waals surface area contributed by atoms with Crippen LogP contribution in [0, 0.1) is 5.92 Å². The van der Waals surface area contributed by atoms with E-state index in [9.17, 15) is 17.2 Å². The zero-order chi connectivity index (χ0) is 14.0. The average molecular weight is 289 g/mol. The largest absolute Gasteiger partial charge is 0.383 e. The predicted molar refractivity (Wildman–Crippen MR) is 70.1 cm³/mol. The molecule has 0 amide bonds. The van der Waals surface area contributed by atoms with Crippen molar-refractivity contribution in [2.45, 2.75) is 42.9 Å². The number of rotatable bonds is 6. The molecule has 2 rings (SSSR count). The van der Waals surface area contributed by atoms with Crippen LogP contribution in [0.4, 0.5) is 14.5 Å². The molecule has 0 saturated heterocycles. The van der Waals surface area contributed by atoms with Crippen LogP contribution in [-0.4, -0.2) is 20.2 Å². The van der Waals surface area contributed by atoms with Crippen molar-refractivity contribution in [1.82, 2.24) is 0 Å². The summed E-state index contributed by atoms with van der Waals surface area (Å²) < 4.78 is 47.2. The Bertz CT molecular complexity index is 524. The summed E-state index contributed by atoms with van der Waals surface area (Å²) in [6, 6.07) is 5.78. The molecule has 1 aromatic carbocycles. The Balaban J connectivity index is 2.01. The van der Waals surface area contributed by atoms with Crippen molar-refractivity contribution in [3.8, 4) is 0 Å². The number of benzene rings is 1. The molecular formula is C13H17F2NO2S. The van der Waals surface area contributed by atoms with Gasteiger partial charge in [-0.25, -0.2) is 8.42 Å². The molecule has 1 unspecified atom stereocenters. The minimum absolute atomic E-state index is 0.296. The lowest BCUT2D eigenvalue weighted by atomic mass is 10.1. The third kappa shape index (κ3) is 3.65. The van der Waals surface area contributed by atoms with Gasteiger partial charge in [0.05, 0.1) is 4.90 Å². The molecule has 1 atom stereocenters. The van der Waals surface area contributed by atoms with E-state index >= 15 is 0 Å². The average Bonchev–Trinajstić information content (AvgIpc) is 3.13. The van der Waals surface area contributed by atoms with Gasteiger partial charge in [-0.05, 0) is 43.5 Å². The van der Waals surface area contributed by atoms with Gasteiger partial charge in [0.25, 0.3) is 0 Å². The van der Waals surface area contributed by atoms with Crippen LogP contribution in [-0.2, 0) is 9.84 Å². The number of hydrogen-bond donors (Lipinski definition) is 1. The van der Waals surface area contributed by atoms with E-state index in [-0.39, 0.29) is 4.90 Å².